The van der Waals surface area contributed by atoms with E-state index < -0.39 is 0 Å². The van der Waals surface area contributed by atoms with Crippen molar-refractivity contribution in [1.82, 2.24) is 0 Å². The lowest BCUT2D eigenvalue weighted by Gasteiger charge is -2.06. The lowest BCUT2D eigenvalue weighted by molar-refractivity contribution is -0.117. The molecule has 0 aromatic rings. The summed E-state index contributed by atoms with van der Waals surface area (Å²) in [7, 11) is 0. The summed E-state index contributed by atoms with van der Waals surface area (Å²) in [5.41, 5.74) is 0. The third-order valence-corrected chi connectivity index (χ3v) is 2.54. The van der Waals surface area contributed by atoms with Gasteiger partial charge >= 0.3 is 0 Å². The molecule has 0 bridgehead atoms. The van der Waals surface area contributed by atoms with Crippen molar-refractivity contribution in [3.63, 3.8) is 0 Å². The van der Waals surface area contributed by atoms with Crippen molar-refractivity contribution in [2.75, 3.05) is 11.9 Å². The topological polar surface area (TPSA) is 26.3 Å². The number of rotatable bonds is 4. The van der Waals surface area contributed by atoms with E-state index >= 15 is 0 Å². The maximum absolute atomic E-state index is 10.9. The van der Waals surface area contributed by atoms with Gasteiger partial charge in [0.2, 0.25) is 0 Å². The first-order valence-electron chi connectivity index (χ1n) is 4.02. The predicted molar refractivity (Wildman–Crippen MR) is 47.0 cm³/mol. The summed E-state index contributed by atoms with van der Waals surface area (Å²) in [5.74, 6) is 0.278. The molecule has 64 valence electrons. The van der Waals surface area contributed by atoms with Gasteiger partial charge in [-0.2, -0.15) is 0 Å². The number of halogens is 1. The fourth-order valence-electron chi connectivity index (χ4n) is 1.26. The Kier molecular flexibility index (Phi) is 4.08. The molecule has 0 saturated carbocycles. The van der Waals surface area contributed by atoms with E-state index in [9.17, 15) is 4.79 Å². The number of Topliss-reactive ketones (excluding diaryl/α,β-unsaturated/α-hetero) is 1. The van der Waals surface area contributed by atoms with Crippen LogP contribution in [0.1, 0.15) is 25.7 Å². The zero-order chi connectivity index (χ0) is 8.10. The highest BCUT2D eigenvalue weighted by Crippen LogP contribution is 2.16. The van der Waals surface area contributed by atoms with Gasteiger partial charge in [0.15, 0.2) is 0 Å². The lowest BCUT2D eigenvalue weighted by atomic mass is 10.1. The summed E-state index contributed by atoms with van der Waals surface area (Å²) >= 11 is 3.13. The van der Waals surface area contributed by atoms with Crippen LogP contribution >= 0.6 is 15.9 Å². The SMILES string of the molecule is O=C(CBr)CCC1CCCO1. The molecule has 1 fully saturated rings. The molecule has 0 aliphatic carbocycles. The number of alkyl halides is 1. The minimum Gasteiger partial charge on any atom is -0.378 e. The van der Waals surface area contributed by atoms with Gasteiger partial charge in [-0.3, -0.25) is 4.79 Å². The first-order chi connectivity index (χ1) is 5.33. The highest BCUT2D eigenvalue weighted by atomic mass is 79.9. The second-order valence-corrected chi connectivity index (χ2v) is 3.41. The maximum Gasteiger partial charge on any atom is 0.143 e. The Morgan fingerprint density at radius 3 is 3.00 bits per heavy atom. The van der Waals surface area contributed by atoms with E-state index in [4.69, 9.17) is 4.74 Å². The molecule has 0 N–H and O–H groups in total. The van der Waals surface area contributed by atoms with Crippen LogP contribution in [0.15, 0.2) is 0 Å². The molecule has 1 atom stereocenters. The maximum atomic E-state index is 10.9. The van der Waals surface area contributed by atoms with Crippen LogP contribution < -0.4 is 0 Å². The molecule has 0 spiro atoms. The standard InChI is InChI=1S/C8H13BrO2/c9-6-7(10)3-4-8-2-1-5-11-8/h8H,1-6H2. The van der Waals surface area contributed by atoms with Crippen LogP contribution in [0.4, 0.5) is 0 Å². The summed E-state index contributed by atoms with van der Waals surface area (Å²) in [6.07, 6.45) is 4.22. The molecular formula is C8H13BrO2. The average molecular weight is 221 g/mol. The predicted octanol–water partition coefficient (Wildman–Crippen LogP) is 1.91. The number of hydrogen-bond acceptors (Lipinski definition) is 2. The van der Waals surface area contributed by atoms with Gasteiger partial charge in [-0.25, -0.2) is 0 Å². The van der Waals surface area contributed by atoms with E-state index in [1.54, 1.807) is 0 Å². The summed E-state index contributed by atoms with van der Waals surface area (Å²) in [5, 5.41) is 0.486. The van der Waals surface area contributed by atoms with Crippen LogP contribution in [-0.2, 0) is 9.53 Å². The molecule has 0 aromatic carbocycles. The third kappa shape index (κ3) is 3.34. The van der Waals surface area contributed by atoms with Crippen molar-refractivity contribution in [2.45, 2.75) is 31.8 Å². The van der Waals surface area contributed by atoms with Crippen molar-refractivity contribution in [1.29, 1.82) is 0 Å². The van der Waals surface area contributed by atoms with Gasteiger partial charge < -0.3 is 4.74 Å². The van der Waals surface area contributed by atoms with Crippen LogP contribution in [0.2, 0.25) is 0 Å². The van der Waals surface area contributed by atoms with Crippen molar-refractivity contribution in [3.05, 3.63) is 0 Å². The second kappa shape index (κ2) is 4.88. The van der Waals surface area contributed by atoms with Crippen molar-refractivity contribution >= 4 is 21.7 Å². The zero-order valence-corrected chi connectivity index (χ0v) is 8.10. The molecule has 1 aliphatic rings. The Hall–Kier alpha value is 0.110. The Morgan fingerprint density at radius 2 is 2.45 bits per heavy atom. The Morgan fingerprint density at radius 1 is 1.64 bits per heavy atom. The minimum absolute atomic E-state index is 0.278. The van der Waals surface area contributed by atoms with Gasteiger partial charge in [-0.15, -0.1) is 0 Å². The van der Waals surface area contributed by atoms with Crippen LogP contribution in [-0.4, -0.2) is 23.8 Å². The van der Waals surface area contributed by atoms with E-state index in [2.05, 4.69) is 15.9 Å². The normalized spacial score (nSPS) is 23.9. The van der Waals surface area contributed by atoms with Crippen molar-refractivity contribution < 1.29 is 9.53 Å². The van der Waals surface area contributed by atoms with Gasteiger partial charge in [0.1, 0.15) is 5.78 Å². The molecule has 1 unspecified atom stereocenters. The third-order valence-electron chi connectivity index (χ3n) is 1.92. The molecule has 3 heteroatoms. The molecule has 0 aromatic heterocycles. The molecule has 1 rings (SSSR count). The van der Waals surface area contributed by atoms with E-state index in [1.165, 1.54) is 0 Å². The second-order valence-electron chi connectivity index (χ2n) is 2.85. The van der Waals surface area contributed by atoms with Gasteiger partial charge in [0.25, 0.3) is 0 Å². The summed E-state index contributed by atoms with van der Waals surface area (Å²) < 4.78 is 5.38. The molecule has 11 heavy (non-hydrogen) atoms. The molecule has 1 heterocycles. The van der Waals surface area contributed by atoms with Crippen LogP contribution in [0.25, 0.3) is 0 Å². The molecule has 1 saturated heterocycles. The lowest BCUT2D eigenvalue weighted by Crippen LogP contribution is -2.08. The number of carbonyl (C=O) groups is 1. The molecular weight excluding hydrogens is 208 g/mol. The fraction of sp³-hybridized carbons (Fsp3) is 0.875. The summed E-state index contributed by atoms with van der Waals surface area (Å²) in [6, 6.07) is 0. The Bertz CT molecular complexity index is 130. The van der Waals surface area contributed by atoms with Gasteiger partial charge in [-0.05, 0) is 19.3 Å². The Balaban J connectivity index is 2.06. The van der Waals surface area contributed by atoms with E-state index in [1.807, 2.05) is 0 Å². The van der Waals surface area contributed by atoms with Crippen LogP contribution in [0.5, 0.6) is 0 Å². The average Bonchev–Trinajstić information content (AvgIpc) is 2.52. The van der Waals surface area contributed by atoms with Gasteiger partial charge in [0.05, 0.1) is 11.4 Å². The Labute approximate surface area is 75.4 Å². The van der Waals surface area contributed by atoms with Crippen LogP contribution in [0.3, 0.4) is 0 Å². The number of ketones is 1. The van der Waals surface area contributed by atoms with Gasteiger partial charge in [-0.1, -0.05) is 15.9 Å². The fourth-order valence-corrected chi connectivity index (χ4v) is 1.54. The number of ether oxygens (including phenoxy) is 1. The number of hydrogen-bond donors (Lipinski definition) is 0. The molecule has 0 radical (unpaired) electrons. The molecule has 1 aliphatic heterocycles. The zero-order valence-electron chi connectivity index (χ0n) is 6.51. The highest BCUT2D eigenvalue weighted by molar-refractivity contribution is 9.09. The summed E-state index contributed by atoms with van der Waals surface area (Å²) in [4.78, 5) is 10.9. The van der Waals surface area contributed by atoms with Crippen LogP contribution in [0, 0.1) is 0 Å². The quantitative estimate of drug-likeness (QED) is 0.678. The minimum atomic E-state index is 0.278. The smallest absolute Gasteiger partial charge is 0.143 e. The van der Waals surface area contributed by atoms with Crippen molar-refractivity contribution in [3.8, 4) is 0 Å². The first kappa shape index (κ1) is 9.20. The van der Waals surface area contributed by atoms with Gasteiger partial charge in [0, 0.05) is 13.0 Å². The monoisotopic (exact) mass is 220 g/mol. The van der Waals surface area contributed by atoms with Crippen molar-refractivity contribution in [2.24, 2.45) is 0 Å². The van der Waals surface area contributed by atoms with E-state index in [0.717, 1.165) is 25.9 Å². The first-order valence-corrected chi connectivity index (χ1v) is 5.14. The largest absolute Gasteiger partial charge is 0.378 e. The molecule has 0 amide bonds. The molecule has 2 nitrogen and oxygen atoms in total. The van der Waals surface area contributed by atoms with E-state index in [0.29, 0.717) is 17.9 Å². The summed E-state index contributed by atoms with van der Waals surface area (Å²) in [6.45, 7) is 0.882. The van der Waals surface area contributed by atoms with E-state index in [-0.39, 0.29) is 5.78 Å². The highest BCUT2D eigenvalue weighted by Gasteiger charge is 2.15. The number of carbonyl (C=O) groups excluding carboxylic acids is 1.